The SMILES string of the molecule is Cc1cccc(NC(=O)CSc2nnc(Nc3cccc(F)c3)s2)c1. The second kappa shape index (κ2) is 8.09. The van der Waals surface area contributed by atoms with Gasteiger partial charge >= 0.3 is 0 Å². The van der Waals surface area contributed by atoms with Crippen LogP contribution in [0.15, 0.2) is 52.9 Å². The van der Waals surface area contributed by atoms with Crippen molar-refractivity contribution in [3.63, 3.8) is 0 Å². The molecule has 1 amide bonds. The van der Waals surface area contributed by atoms with Gasteiger partial charge in [-0.3, -0.25) is 4.79 Å². The Bertz CT molecular complexity index is 884. The summed E-state index contributed by atoms with van der Waals surface area (Å²) < 4.78 is 13.8. The Balaban J connectivity index is 1.52. The second-order valence-corrected chi connectivity index (χ2v) is 7.41. The summed E-state index contributed by atoms with van der Waals surface area (Å²) in [6.07, 6.45) is 0. The number of carbonyl (C=O) groups is 1. The molecule has 5 nitrogen and oxygen atoms in total. The normalized spacial score (nSPS) is 10.5. The molecule has 0 spiro atoms. The number of nitrogens with one attached hydrogen (secondary N) is 2. The van der Waals surface area contributed by atoms with Gasteiger partial charge in [0, 0.05) is 11.4 Å². The maximum Gasteiger partial charge on any atom is 0.234 e. The predicted molar refractivity (Wildman–Crippen MR) is 100 cm³/mol. The number of anilines is 3. The molecule has 1 heterocycles. The maximum absolute atomic E-state index is 13.2. The third kappa shape index (κ3) is 5.27. The summed E-state index contributed by atoms with van der Waals surface area (Å²) in [6.45, 7) is 1.97. The van der Waals surface area contributed by atoms with Crippen LogP contribution in [0.25, 0.3) is 0 Å². The molecule has 8 heteroatoms. The summed E-state index contributed by atoms with van der Waals surface area (Å²) in [5, 5.41) is 14.4. The Morgan fingerprint density at radius 2 is 1.96 bits per heavy atom. The molecule has 1 aromatic heterocycles. The number of rotatable bonds is 6. The third-order valence-corrected chi connectivity index (χ3v) is 5.08. The van der Waals surface area contributed by atoms with Gasteiger partial charge < -0.3 is 10.6 Å². The number of aromatic nitrogens is 2. The standard InChI is InChI=1S/C17H15FN4OS2/c1-11-4-2-6-13(8-11)19-15(23)10-24-17-22-21-16(25-17)20-14-7-3-5-12(18)9-14/h2-9H,10H2,1H3,(H,19,23)(H,20,21). The lowest BCUT2D eigenvalue weighted by Gasteiger charge is -2.04. The molecule has 0 aliphatic heterocycles. The van der Waals surface area contributed by atoms with Gasteiger partial charge in [0.1, 0.15) is 5.82 Å². The number of amides is 1. The van der Waals surface area contributed by atoms with Gasteiger partial charge in [0.15, 0.2) is 4.34 Å². The molecule has 2 N–H and O–H groups in total. The largest absolute Gasteiger partial charge is 0.330 e. The highest BCUT2D eigenvalue weighted by Crippen LogP contribution is 2.27. The van der Waals surface area contributed by atoms with Crippen molar-refractivity contribution in [2.24, 2.45) is 0 Å². The predicted octanol–water partition coefficient (Wildman–Crippen LogP) is 4.46. The van der Waals surface area contributed by atoms with Crippen molar-refractivity contribution in [1.82, 2.24) is 10.2 Å². The van der Waals surface area contributed by atoms with E-state index in [-0.39, 0.29) is 17.5 Å². The first kappa shape index (κ1) is 17.4. The Hall–Kier alpha value is -2.45. The molecule has 0 saturated heterocycles. The summed E-state index contributed by atoms with van der Waals surface area (Å²) in [7, 11) is 0. The number of aryl methyl sites for hydroxylation is 1. The van der Waals surface area contributed by atoms with Crippen molar-refractivity contribution in [3.8, 4) is 0 Å². The van der Waals surface area contributed by atoms with E-state index in [0.717, 1.165) is 11.3 Å². The van der Waals surface area contributed by atoms with Crippen molar-refractivity contribution in [2.45, 2.75) is 11.3 Å². The first-order chi connectivity index (χ1) is 12.1. The van der Waals surface area contributed by atoms with Gasteiger partial charge in [-0.25, -0.2) is 4.39 Å². The zero-order chi connectivity index (χ0) is 17.6. The van der Waals surface area contributed by atoms with Crippen LogP contribution in [0.5, 0.6) is 0 Å². The molecular weight excluding hydrogens is 359 g/mol. The van der Waals surface area contributed by atoms with Crippen LogP contribution in [0.1, 0.15) is 5.56 Å². The molecule has 0 saturated carbocycles. The van der Waals surface area contributed by atoms with Crippen LogP contribution >= 0.6 is 23.1 Å². The average molecular weight is 374 g/mol. The quantitative estimate of drug-likeness (QED) is 0.624. The van der Waals surface area contributed by atoms with Crippen LogP contribution in [0, 0.1) is 12.7 Å². The van der Waals surface area contributed by atoms with Crippen molar-refractivity contribution in [2.75, 3.05) is 16.4 Å². The van der Waals surface area contributed by atoms with Crippen LogP contribution in [-0.4, -0.2) is 21.9 Å². The molecule has 3 aromatic rings. The average Bonchev–Trinajstić information content (AvgIpc) is 3.00. The molecule has 25 heavy (non-hydrogen) atoms. The lowest BCUT2D eigenvalue weighted by molar-refractivity contribution is -0.113. The highest BCUT2D eigenvalue weighted by Gasteiger charge is 2.09. The summed E-state index contributed by atoms with van der Waals surface area (Å²) in [6, 6.07) is 13.7. The molecule has 0 fully saturated rings. The van der Waals surface area contributed by atoms with E-state index in [1.54, 1.807) is 12.1 Å². The molecule has 0 unspecified atom stereocenters. The van der Waals surface area contributed by atoms with Crippen molar-refractivity contribution in [3.05, 3.63) is 59.9 Å². The van der Waals surface area contributed by atoms with Gasteiger partial charge in [-0.1, -0.05) is 41.3 Å². The van der Waals surface area contributed by atoms with Crippen LogP contribution < -0.4 is 10.6 Å². The molecule has 128 valence electrons. The summed E-state index contributed by atoms with van der Waals surface area (Å²) in [5.41, 5.74) is 2.46. The van der Waals surface area contributed by atoms with Gasteiger partial charge in [0.25, 0.3) is 0 Å². The molecule has 0 atom stereocenters. The van der Waals surface area contributed by atoms with Gasteiger partial charge in [0.05, 0.1) is 5.75 Å². The Morgan fingerprint density at radius 1 is 1.16 bits per heavy atom. The van der Waals surface area contributed by atoms with Crippen molar-refractivity contribution >= 4 is 45.5 Å². The molecule has 0 aliphatic carbocycles. The van der Waals surface area contributed by atoms with E-state index in [1.165, 1.54) is 35.2 Å². The van der Waals surface area contributed by atoms with Crippen LogP contribution in [0.4, 0.5) is 20.9 Å². The maximum atomic E-state index is 13.2. The summed E-state index contributed by atoms with van der Waals surface area (Å²) in [4.78, 5) is 12.0. The number of nitrogens with zero attached hydrogens (tertiary/aromatic N) is 2. The Morgan fingerprint density at radius 3 is 2.76 bits per heavy atom. The molecule has 0 bridgehead atoms. The number of benzene rings is 2. The van der Waals surface area contributed by atoms with E-state index < -0.39 is 0 Å². The zero-order valence-electron chi connectivity index (χ0n) is 13.3. The number of hydrogen-bond acceptors (Lipinski definition) is 6. The minimum absolute atomic E-state index is 0.106. The number of carbonyl (C=O) groups excluding carboxylic acids is 1. The first-order valence-corrected chi connectivity index (χ1v) is 9.24. The van der Waals surface area contributed by atoms with Crippen molar-refractivity contribution in [1.29, 1.82) is 0 Å². The van der Waals surface area contributed by atoms with Crippen LogP contribution in [0.2, 0.25) is 0 Å². The molecule has 0 radical (unpaired) electrons. The topological polar surface area (TPSA) is 66.9 Å². The van der Waals surface area contributed by atoms with Crippen LogP contribution in [-0.2, 0) is 4.79 Å². The van der Waals surface area contributed by atoms with Gasteiger partial charge in [0.2, 0.25) is 11.0 Å². The van der Waals surface area contributed by atoms with E-state index >= 15 is 0 Å². The number of halogens is 1. The monoisotopic (exact) mass is 374 g/mol. The summed E-state index contributed by atoms with van der Waals surface area (Å²) in [5.74, 6) is -0.190. The lowest BCUT2D eigenvalue weighted by Crippen LogP contribution is -2.13. The smallest absolute Gasteiger partial charge is 0.234 e. The lowest BCUT2D eigenvalue weighted by atomic mass is 10.2. The number of hydrogen-bond donors (Lipinski definition) is 2. The minimum Gasteiger partial charge on any atom is -0.330 e. The molecule has 0 aliphatic rings. The molecule has 2 aromatic carbocycles. The highest BCUT2D eigenvalue weighted by molar-refractivity contribution is 8.01. The van der Waals surface area contributed by atoms with Crippen molar-refractivity contribution < 1.29 is 9.18 Å². The number of thioether (sulfide) groups is 1. The van der Waals surface area contributed by atoms with E-state index in [1.807, 2.05) is 31.2 Å². The van der Waals surface area contributed by atoms with E-state index in [4.69, 9.17) is 0 Å². The summed E-state index contributed by atoms with van der Waals surface area (Å²) >= 11 is 2.62. The highest BCUT2D eigenvalue weighted by atomic mass is 32.2. The fraction of sp³-hybridized carbons (Fsp3) is 0.118. The van der Waals surface area contributed by atoms with E-state index in [9.17, 15) is 9.18 Å². The Labute approximate surface area is 152 Å². The Kier molecular flexibility index (Phi) is 5.62. The zero-order valence-corrected chi connectivity index (χ0v) is 15.0. The van der Waals surface area contributed by atoms with Crippen LogP contribution in [0.3, 0.4) is 0 Å². The van der Waals surface area contributed by atoms with E-state index in [0.29, 0.717) is 15.2 Å². The fourth-order valence-corrected chi connectivity index (χ4v) is 3.63. The molecular formula is C17H15FN4OS2. The van der Waals surface area contributed by atoms with E-state index in [2.05, 4.69) is 20.8 Å². The minimum atomic E-state index is -0.322. The fourth-order valence-electron chi connectivity index (χ4n) is 2.06. The third-order valence-electron chi connectivity index (χ3n) is 3.11. The van der Waals surface area contributed by atoms with Gasteiger partial charge in [-0.15, -0.1) is 10.2 Å². The first-order valence-electron chi connectivity index (χ1n) is 7.44. The second-order valence-electron chi connectivity index (χ2n) is 5.21. The van der Waals surface area contributed by atoms with Gasteiger partial charge in [-0.05, 0) is 42.8 Å². The van der Waals surface area contributed by atoms with Gasteiger partial charge in [-0.2, -0.15) is 0 Å². The molecule has 3 rings (SSSR count).